The molecule has 3 fully saturated rings. The van der Waals surface area contributed by atoms with Crippen molar-refractivity contribution in [2.45, 2.75) is 71.3 Å². The lowest BCUT2D eigenvalue weighted by Crippen LogP contribution is -2.38. The molecule has 0 spiro atoms. The number of hydrogen-bond donors (Lipinski definition) is 2. The zero-order valence-corrected chi connectivity index (χ0v) is 15.6. The van der Waals surface area contributed by atoms with Crippen LogP contribution in [0.1, 0.15) is 65.2 Å². The summed E-state index contributed by atoms with van der Waals surface area (Å²) in [5.74, 6) is -0.136. The van der Waals surface area contributed by atoms with Crippen LogP contribution < -0.4 is 0 Å². The highest BCUT2D eigenvalue weighted by atomic mass is 16.4. The minimum Gasteiger partial charge on any atom is -0.481 e. The van der Waals surface area contributed by atoms with E-state index in [1.165, 1.54) is 11.1 Å². The molecule has 0 aromatic carbocycles. The maximum Gasteiger partial charge on any atom is 0.306 e. The molecule has 0 radical (unpaired) electrons. The molecule has 0 aromatic rings. The molecule has 0 aromatic heterocycles. The van der Waals surface area contributed by atoms with Gasteiger partial charge >= 0.3 is 5.97 Å². The number of aliphatic hydroxyl groups excluding tert-OH is 1. The van der Waals surface area contributed by atoms with Crippen LogP contribution in [0, 0.1) is 23.2 Å². The fraction of sp³-hybridized carbons (Fsp3) is 0.682. The Morgan fingerprint density at radius 1 is 1.28 bits per heavy atom. The monoisotopic (exact) mass is 344 g/mol. The molecule has 3 aliphatic rings. The third kappa shape index (κ3) is 3.48. The van der Waals surface area contributed by atoms with E-state index in [0.717, 1.165) is 50.5 Å². The summed E-state index contributed by atoms with van der Waals surface area (Å²) in [6.07, 6.45) is 12.2. The third-order valence-corrected chi connectivity index (χ3v) is 7.22. The quantitative estimate of drug-likeness (QED) is 0.767. The van der Waals surface area contributed by atoms with Gasteiger partial charge in [-0.05, 0) is 74.2 Å². The number of carboxylic acid groups (broad SMARTS) is 1. The molecule has 3 rings (SSSR count). The molecule has 5 atom stereocenters. The van der Waals surface area contributed by atoms with E-state index in [2.05, 4.69) is 25.7 Å². The second kappa shape index (κ2) is 7.11. The average molecular weight is 344 g/mol. The number of fused-ring (bicyclic) bond motifs is 1. The van der Waals surface area contributed by atoms with Crippen molar-refractivity contribution in [3.8, 4) is 0 Å². The summed E-state index contributed by atoms with van der Waals surface area (Å²) < 4.78 is 0. The second-order valence-corrected chi connectivity index (χ2v) is 8.66. The number of aliphatic hydroxyl groups is 1. The van der Waals surface area contributed by atoms with Crippen LogP contribution in [-0.4, -0.2) is 22.3 Å². The van der Waals surface area contributed by atoms with Crippen molar-refractivity contribution >= 4 is 5.97 Å². The minimum absolute atomic E-state index is 0.115. The highest BCUT2D eigenvalue weighted by Gasteiger charge is 2.51. The van der Waals surface area contributed by atoms with Gasteiger partial charge in [0.05, 0.1) is 12.0 Å². The highest BCUT2D eigenvalue weighted by Crippen LogP contribution is 2.59. The lowest BCUT2D eigenvalue weighted by atomic mass is 9.61. The molecule has 3 saturated carbocycles. The van der Waals surface area contributed by atoms with Crippen LogP contribution in [0.3, 0.4) is 0 Å². The molecule has 0 bridgehead atoms. The first-order valence-electron chi connectivity index (χ1n) is 9.81. The lowest BCUT2D eigenvalue weighted by Gasteiger charge is -2.43. The summed E-state index contributed by atoms with van der Waals surface area (Å²) in [5.41, 5.74) is 3.94. The van der Waals surface area contributed by atoms with E-state index in [4.69, 9.17) is 0 Å². The first kappa shape index (κ1) is 18.4. The summed E-state index contributed by atoms with van der Waals surface area (Å²) >= 11 is 0. The van der Waals surface area contributed by atoms with E-state index in [1.807, 2.05) is 6.92 Å². The summed E-state index contributed by atoms with van der Waals surface area (Å²) in [4.78, 5) is 11.5. The molecule has 2 N–H and O–H groups in total. The average Bonchev–Trinajstić information content (AvgIpc) is 2.92. The molecule has 25 heavy (non-hydrogen) atoms. The second-order valence-electron chi connectivity index (χ2n) is 8.66. The SMILES string of the molecule is C=C1CCC(O)CC1=CC=C1CCC[C@@]2(C)C1CCC2[C@H](C)C(=O)O. The molecule has 0 saturated heterocycles. The van der Waals surface area contributed by atoms with Crippen molar-refractivity contribution in [2.75, 3.05) is 0 Å². The molecule has 3 unspecified atom stereocenters. The third-order valence-electron chi connectivity index (χ3n) is 7.22. The Morgan fingerprint density at radius 3 is 2.76 bits per heavy atom. The molecule has 0 aliphatic heterocycles. The van der Waals surface area contributed by atoms with Gasteiger partial charge < -0.3 is 10.2 Å². The summed E-state index contributed by atoms with van der Waals surface area (Å²) in [6, 6.07) is 0. The number of allylic oxidation sites excluding steroid dienone is 4. The molecule has 0 amide bonds. The molecule has 3 heteroatoms. The highest BCUT2D eigenvalue weighted by molar-refractivity contribution is 5.70. The predicted molar refractivity (Wildman–Crippen MR) is 100 cm³/mol. The van der Waals surface area contributed by atoms with Crippen LogP contribution in [0.4, 0.5) is 0 Å². The van der Waals surface area contributed by atoms with Gasteiger partial charge in [-0.15, -0.1) is 0 Å². The largest absolute Gasteiger partial charge is 0.481 e. The van der Waals surface area contributed by atoms with Gasteiger partial charge in [0.2, 0.25) is 0 Å². The van der Waals surface area contributed by atoms with Crippen LogP contribution in [0.25, 0.3) is 0 Å². The molecule has 3 aliphatic carbocycles. The van der Waals surface area contributed by atoms with Gasteiger partial charge in [-0.1, -0.05) is 43.7 Å². The zero-order chi connectivity index (χ0) is 18.2. The van der Waals surface area contributed by atoms with Crippen molar-refractivity contribution < 1.29 is 15.0 Å². The Kier molecular flexibility index (Phi) is 5.24. The number of rotatable bonds is 3. The van der Waals surface area contributed by atoms with Gasteiger partial charge in [0.1, 0.15) is 0 Å². The number of carboxylic acids is 1. The van der Waals surface area contributed by atoms with Gasteiger partial charge in [-0.25, -0.2) is 0 Å². The van der Waals surface area contributed by atoms with E-state index in [1.54, 1.807) is 0 Å². The number of carbonyl (C=O) groups is 1. The molecule has 0 heterocycles. The summed E-state index contributed by atoms with van der Waals surface area (Å²) in [7, 11) is 0. The Hall–Kier alpha value is -1.35. The van der Waals surface area contributed by atoms with Crippen molar-refractivity contribution in [3.05, 3.63) is 35.5 Å². The van der Waals surface area contributed by atoms with Gasteiger partial charge in [-0.2, -0.15) is 0 Å². The van der Waals surface area contributed by atoms with Crippen LogP contribution in [-0.2, 0) is 4.79 Å². The van der Waals surface area contributed by atoms with Crippen LogP contribution >= 0.6 is 0 Å². The van der Waals surface area contributed by atoms with Crippen molar-refractivity contribution in [2.24, 2.45) is 23.2 Å². The fourth-order valence-electron chi connectivity index (χ4n) is 5.67. The number of aliphatic carboxylic acids is 1. The molecular weight excluding hydrogens is 312 g/mol. The Labute approximate surface area is 151 Å². The van der Waals surface area contributed by atoms with Crippen molar-refractivity contribution in [1.82, 2.24) is 0 Å². The summed E-state index contributed by atoms with van der Waals surface area (Å²) in [5, 5.41) is 19.4. The van der Waals surface area contributed by atoms with Crippen molar-refractivity contribution in [3.63, 3.8) is 0 Å². The van der Waals surface area contributed by atoms with E-state index >= 15 is 0 Å². The molecule has 3 nitrogen and oxygen atoms in total. The Bertz CT molecular complexity index is 615. The van der Waals surface area contributed by atoms with E-state index < -0.39 is 5.97 Å². The van der Waals surface area contributed by atoms with E-state index in [-0.39, 0.29) is 23.4 Å². The van der Waals surface area contributed by atoms with Crippen LogP contribution in [0.15, 0.2) is 35.5 Å². The fourth-order valence-corrected chi connectivity index (χ4v) is 5.67. The van der Waals surface area contributed by atoms with E-state index in [9.17, 15) is 15.0 Å². The lowest BCUT2D eigenvalue weighted by molar-refractivity contribution is -0.144. The topological polar surface area (TPSA) is 57.5 Å². The Balaban J connectivity index is 1.82. The van der Waals surface area contributed by atoms with Crippen LogP contribution in [0.5, 0.6) is 0 Å². The maximum atomic E-state index is 11.5. The first-order chi connectivity index (χ1) is 11.8. The van der Waals surface area contributed by atoms with Gasteiger partial charge in [0, 0.05) is 0 Å². The normalized spacial score (nSPS) is 40.3. The first-order valence-corrected chi connectivity index (χ1v) is 9.81. The smallest absolute Gasteiger partial charge is 0.306 e. The Morgan fingerprint density at radius 2 is 2.04 bits per heavy atom. The molecular formula is C22H32O3. The number of hydrogen-bond acceptors (Lipinski definition) is 2. The van der Waals surface area contributed by atoms with Crippen LogP contribution in [0.2, 0.25) is 0 Å². The van der Waals surface area contributed by atoms with E-state index in [0.29, 0.717) is 12.3 Å². The van der Waals surface area contributed by atoms with Gasteiger partial charge in [0.15, 0.2) is 0 Å². The van der Waals surface area contributed by atoms with Crippen molar-refractivity contribution in [1.29, 1.82) is 0 Å². The standard InChI is InChI=1S/C22H32O3/c1-14-6-9-18(23)13-17(14)8-7-16-5-4-12-22(3)19(10-11-20(16)22)15(2)21(24)25/h7-8,15,18-20,23H,1,4-6,9-13H2,2-3H3,(H,24,25)/t15-,18?,19?,20?,22+/m0/s1. The summed E-state index contributed by atoms with van der Waals surface area (Å²) in [6.45, 7) is 8.36. The van der Waals surface area contributed by atoms with Gasteiger partial charge in [-0.3, -0.25) is 4.79 Å². The van der Waals surface area contributed by atoms with Gasteiger partial charge in [0.25, 0.3) is 0 Å². The molecule has 138 valence electrons. The predicted octanol–water partition coefficient (Wildman–Crippen LogP) is 4.88. The minimum atomic E-state index is -0.655. The zero-order valence-electron chi connectivity index (χ0n) is 15.6. The maximum absolute atomic E-state index is 11.5.